The van der Waals surface area contributed by atoms with E-state index in [0.29, 0.717) is 12.1 Å². The minimum Gasteiger partial charge on any atom is -0.309 e. The Labute approximate surface area is 118 Å². The van der Waals surface area contributed by atoms with Crippen LogP contribution in [0.3, 0.4) is 0 Å². The van der Waals surface area contributed by atoms with Gasteiger partial charge in [-0.3, -0.25) is 0 Å². The third-order valence-electron chi connectivity index (χ3n) is 3.11. The lowest BCUT2D eigenvalue weighted by molar-refractivity contribution is 0.588. The first-order valence-corrected chi connectivity index (χ1v) is 6.80. The Hall–Kier alpha value is -1.38. The van der Waals surface area contributed by atoms with Crippen LogP contribution in [0, 0.1) is 5.82 Å². The van der Waals surface area contributed by atoms with E-state index >= 15 is 0 Å². The van der Waals surface area contributed by atoms with Crippen molar-refractivity contribution in [3.63, 3.8) is 0 Å². The van der Waals surface area contributed by atoms with Gasteiger partial charge in [0.05, 0.1) is 5.02 Å². The summed E-state index contributed by atoms with van der Waals surface area (Å²) in [5, 5.41) is 3.40. The minimum atomic E-state index is -0.335. The van der Waals surface area contributed by atoms with Gasteiger partial charge in [0.25, 0.3) is 0 Å². The number of hydrogen-bond acceptors (Lipinski definition) is 1. The largest absolute Gasteiger partial charge is 0.309 e. The summed E-state index contributed by atoms with van der Waals surface area (Å²) >= 11 is 5.74. The molecular formula is C16H17ClFN. The monoisotopic (exact) mass is 277 g/mol. The van der Waals surface area contributed by atoms with Crippen LogP contribution in [0.25, 0.3) is 0 Å². The summed E-state index contributed by atoms with van der Waals surface area (Å²) in [5.41, 5.74) is 3.11. The van der Waals surface area contributed by atoms with Gasteiger partial charge in [-0.15, -0.1) is 0 Å². The molecule has 0 bridgehead atoms. The van der Waals surface area contributed by atoms with Crippen molar-refractivity contribution in [2.45, 2.75) is 26.4 Å². The number of hydrogen-bond donors (Lipinski definition) is 1. The second kappa shape index (κ2) is 6.69. The standard InChI is InChI=1S/C16H17ClFN/c1-2-12-6-8-13(9-7-12)10-19-11-14-4-3-5-15(17)16(14)18/h3-9,19H,2,10-11H2,1H3. The molecule has 100 valence electrons. The van der Waals surface area contributed by atoms with Crippen LogP contribution >= 0.6 is 11.6 Å². The Morgan fingerprint density at radius 1 is 1.00 bits per heavy atom. The summed E-state index contributed by atoms with van der Waals surface area (Å²) in [6, 6.07) is 13.5. The van der Waals surface area contributed by atoms with Crippen molar-refractivity contribution in [1.29, 1.82) is 0 Å². The zero-order chi connectivity index (χ0) is 13.7. The van der Waals surface area contributed by atoms with Gasteiger partial charge in [0.2, 0.25) is 0 Å². The van der Waals surface area contributed by atoms with Crippen LogP contribution in [0.5, 0.6) is 0 Å². The Morgan fingerprint density at radius 2 is 1.68 bits per heavy atom. The number of aryl methyl sites for hydroxylation is 1. The number of benzene rings is 2. The SMILES string of the molecule is CCc1ccc(CNCc2cccc(Cl)c2F)cc1. The summed E-state index contributed by atoms with van der Waals surface area (Å²) in [6.07, 6.45) is 1.04. The van der Waals surface area contributed by atoms with Crippen LogP contribution in [-0.2, 0) is 19.5 Å². The van der Waals surface area contributed by atoms with Gasteiger partial charge in [-0.05, 0) is 23.6 Å². The quantitative estimate of drug-likeness (QED) is 0.858. The molecule has 1 nitrogen and oxygen atoms in total. The van der Waals surface area contributed by atoms with Crippen LogP contribution in [-0.4, -0.2) is 0 Å². The predicted octanol–water partition coefficient (Wildman–Crippen LogP) is 4.33. The molecule has 2 aromatic rings. The molecule has 0 aromatic heterocycles. The molecule has 1 N–H and O–H groups in total. The lowest BCUT2D eigenvalue weighted by atomic mass is 10.1. The molecule has 0 aliphatic carbocycles. The zero-order valence-electron chi connectivity index (χ0n) is 10.9. The van der Waals surface area contributed by atoms with Crippen molar-refractivity contribution in [1.82, 2.24) is 5.32 Å². The second-order valence-corrected chi connectivity index (χ2v) is 4.89. The van der Waals surface area contributed by atoms with Crippen molar-refractivity contribution in [3.8, 4) is 0 Å². The predicted molar refractivity (Wildman–Crippen MR) is 77.8 cm³/mol. The Kier molecular flexibility index (Phi) is 4.94. The molecule has 0 radical (unpaired) electrons. The summed E-state index contributed by atoms with van der Waals surface area (Å²) in [5.74, 6) is -0.335. The van der Waals surface area contributed by atoms with Crippen LogP contribution in [0.1, 0.15) is 23.6 Å². The van der Waals surface area contributed by atoms with E-state index in [1.165, 1.54) is 11.1 Å². The van der Waals surface area contributed by atoms with Gasteiger partial charge >= 0.3 is 0 Å². The van der Waals surface area contributed by atoms with Gasteiger partial charge in [-0.25, -0.2) is 4.39 Å². The zero-order valence-corrected chi connectivity index (χ0v) is 11.7. The topological polar surface area (TPSA) is 12.0 Å². The van der Waals surface area contributed by atoms with Gasteiger partial charge in [0.15, 0.2) is 0 Å². The van der Waals surface area contributed by atoms with Gasteiger partial charge in [-0.1, -0.05) is 54.9 Å². The van der Waals surface area contributed by atoms with Gasteiger partial charge in [0.1, 0.15) is 5.82 Å². The highest BCUT2D eigenvalue weighted by Gasteiger charge is 2.05. The number of nitrogens with one attached hydrogen (secondary N) is 1. The first-order chi connectivity index (χ1) is 9.20. The average Bonchev–Trinajstić information content (AvgIpc) is 2.44. The van der Waals surface area contributed by atoms with E-state index in [2.05, 4.69) is 36.5 Å². The molecule has 2 rings (SSSR count). The molecule has 2 aromatic carbocycles. The summed E-state index contributed by atoms with van der Waals surface area (Å²) in [6.45, 7) is 3.33. The molecule has 0 atom stereocenters. The Balaban J connectivity index is 1.90. The van der Waals surface area contributed by atoms with Gasteiger partial charge in [-0.2, -0.15) is 0 Å². The molecule has 0 saturated carbocycles. The number of halogens is 2. The van der Waals surface area contributed by atoms with Crippen molar-refractivity contribution in [3.05, 3.63) is 70.0 Å². The first-order valence-electron chi connectivity index (χ1n) is 6.42. The fourth-order valence-electron chi connectivity index (χ4n) is 1.92. The van der Waals surface area contributed by atoms with Crippen molar-refractivity contribution in [2.24, 2.45) is 0 Å². The molecule has 3 heteroatoms. The number of rotatable bonds is 5. The lowest BCUT2D eigenvalue weighted by Gasteiger charge is -2.07. The minimum absolute atomic E-state index is 0.173. The molecule has 0 unspecified atom stereocenters. The molecule has 0 aliphatic rings. The maximum absolute atomic E-state index is 13.7. The summed E-state index contributed by atoms with van der Waals surface area (Å²) in [7, 11) is 0. The van der Waals surface area contributed by atoms with E-state index in [0.717, 1.165) is 13.0 Å². The fourth-order valence-corrected chi connectivity index (χ4v) is 2.11. The summed E-state index contributed by atoms with van der Waals surface area (Å²) < 4.78 is 13.7. The maximum atomic E-state index is 13.7. The van der Waals surface area contributed by atoms with Crippen LogP contribution in [0.2, 0.25) is 5.02 Å². The Morgan fingerprint density at radius 3 is 2.37 bits per heavy atom. The third-order valence-corrected chi connectivity index (χ3v) is 3.40. The van der Waals surface area contributed by atoms with Crippen molar-refractivity contribution >= 4 is 11.6 Å². The molecule has 0 amide bonds. The highest BCUT2D eigenvalue weighted by Crippen LogP contribution is 2.17. The van der Waals surface area contributed by atoms with E-state index in [1.54, 1.807) is 18.2 Å². The average molecular weight is 278 g/mol. The van der Waals surface area contributed by atoms with E-state index in [-0.39, 0.29) is 10.8 Å². The molecule has 0 spiro atoms. The van der Waals surface area contributed by atoms with Gasteiger partial charge < -0.3 is 5.32 Å². The molecule has 19 heavy (non-hydrogen) atoms. The van der Waals surface area contributed by atoms with Crippen LogP contribution in [0.15, 0.2) is 42.5 Å². The smallest absolute Gasteiger partial charge is 0.146 e. The van der Waals surface area contributed by atoms with E-state index < -0.39 is 0 Å². The van der Waals surface area contributed by atoms with Crippen molar-refractivity contribution < 1.29 is 4.39 Å². The molecule has 0 heterocycles. The highest BCUT2D eigenvalue weighted by atomic mass is 35.5. The van der Waals surface area contributed by atoms with Crippen LogP contribution < -0.4 is 5.32 Å². The van der Waals surface area contributed by atoms with E-state index in [1.807, 2.05) is 0 Å². The summed E-state index contributed by atoms with van der Waals surface area (Å²) in [4.78, 5) is 0. The van der Waals surface area contributed by atoms with Gasteiger partial charge in [0, 0.05) is 18.7 Å². The highest BCUT2D eigenvalue weighted by molar-refractivity contribution is 6.30. The van der Waals surface area contributed by atoms with E-state index in [4.69, 9.17) is 11.6 Å². The molecule has 0 saturated heterocycles. The third kappa shape index (κ3) is 3.79. The molecular weight excluding hydrogens is 261 g/mol. The molecule has 0 fully saturated rings. The lowest BCUT2D eigenvalue weighted by Crippen LogP contribution is -2.13. The van der Waals surface area contributed by atoms with Crippen LogP contribution in [0.4, 0.5) is 4.39 Å². The Bertz CT molecular complexity index is 537. The maximum Gasteiger partial charge on any atom is 0.146 e. The van der Waals surface area contributed by atoms with Crippen molar-refractivity contribution in [2.75, 3.05) is 0 Å². The van der Waals surface area contributed by atoms with E-state index in [9.17, 15) is 4.39 Å². The normalized spacial score (nSPS) is 10.7. The molecule has 0 aliphatic heterocycles. The second-order valence-electron chi connectivity index (χ2n) is 4.49. The fraction of sp³-hybridized carbons (Fsp3) is 0.250. The first kappa shape index (κ1) is 14.0.